The van der Waals surface area contributed by atoms with E-state index in [0.717, 1.165) is 24.7 Å². The highest BCUT2D eigenvalue weighted by molar-refractivity contribution is 5.25. The molecule has 0 spiro atoms. The lowest BCUT2D eigenvalue weighted by molar-refractivity contribution is 0.259. The zero-order valence-electron chi connectivity index (χ0n) is 10.5. The Morgan fingerprint density at radius 3 is 2.59 bits per heavy atom. The molecule has 1 aromatic rings. The van der Waals surface area contributed by atoms with Gasteiger partial charge in [0.25, 0.3) is 0 Å². The van der Waals surface area contributed by atoms with Crippen molar-refractivity contribution in [3.63, 3.8) is 0 Å². The number of nitriles is 1. The van der Waals surface area contributed by atoms with Gasteiger partial charge in [0, 0.05) is 12.6 Å². The Kier molecular flexibility index (Phi) is 4.17. The Hall–Kier alpha value is -1.33. The second-order valence-corrected chi connectivity index (χ2v) is 4.82. The van der Waals surface area contributed by atoms with Crippen LogP contribution >= 0.6 is 0 Å². The Bertz CT molecular complexity index is 376. The first-order chi connectivity index (χ1) is 8.35. The number of rotatable bonds is 6. The summed E-state index contributed by atoms with van der Waals surface area (Å²) < 4.78 is 0. The van der Waals surface area contributed by atoms with Crippen molar-refractivity contribution in [2.24, 2.45) is 0 Å². The van der Waals surface area contributed by atoms with Crippen molar-refractivity contribution in [2.75, 3.05) is 13.1 Å². The third kappa shape index (κ3) is 3.31. The second-order valence-electron chi connectivity index (χ2n) is 4.82. The lowest BCUT2D eigenvalue weighted by atomic mass is 10.00. The zero-order valence-corrected chi connectivity index (χ0v) is 10.5. The summed E-state index contributed by atoms with van der Waals surface area (Å²) in [6.07, 6.45) is 3.79. The van der Waals surface area contributed by atoms with Crippen LogP contribution in [0.5, 0.6) is 0 Å². The van der Waals surface area contributed by atoms with Gasteiger partial charge in [-0.25, -0.2) is 0 Å². The standard InChI is InChI=1S/C15H20N2/c1-2-10-17(15-8-9-15)12-14(11-16)13-6-4-3-5-7-13/h3-7,14-15H,2,8-10,12H2,1H3. The molecule has 0 saturated heterocycles. The molecule has 0 amide bonds. The van der Waals surface area contributed by atoms with Crippen LogP contribution in [0.25, 0.3) is 0 Å². The van der Waals surface area contributed by atoms with E-state index >= 15 is 0 Å². The normalized spacial score (nSPS) is 16.8. The van der Waals surface area contributed by atoms with Crippen molar-refractivity contribution >= 4 is 0 Å². The summed E-state index contributed by atoms with van der Waals surface area (Å²) in [4.78, 5) is 2.49. The molecule has 1 aliphatic rings. The van der Waals surface area contributed by atoms with Crippen LogP contribution in [-0.4, -0.2) is 24.0 Å². The van der Waals surface area contributed by atoms with Crippen molar-refractivity contribution < 1.29 is 0 Å². The van der Waals surface area contributed by atoms with E-state index < -0.39 is 0 Å². The maximum Gasteiger partial charge on any atom is 0.0839 e. The van der Waals surface area contributed by atoms with E-state index in [9.17, 15) is 5.26 Å². The molecule has 0 bridgehead atoms. The fraction of sp³-hybridized carbons (Fsp3) is 0.533. The molecule has 1 atom stereocenters. The lowest BCUT2D eigenvalue weighted by Gasteiger charge is -2.24. The summed E-state index contributed by atoms with van der Waals surface area (Å²) in [5, 5.41) is 9.32. The van der Waals surface area contributed by atoms with Gasteiger partial charge in [0.15, 0.2) is 0 Å². The maximum atomic E-state index is 9.32. The molecule has 2 rings (SSSR count). The summed E-state index contributed by atoms with van der Waals surface area (Å²) >= 11 is 0. The summed E-state index contributed by atoms with van der Waals surface area (Å²) in [7, 11) is 0. The largest absolute Gasteiger partial charge is 0.299 e. The Balaban J connectivity index is 2.01. The number of hydrogen-bond acceptors (Lipinski definition) is 2. The summed E-state index contributed by atoms with van der Waals surface area (Å²) in [6.45, 7) is 4.22. The van der Waals surface area contributed by atoms with Crippen molar-refractivity contribution in [1.82, 2.24) is 4.90 Å². The fourth-order valence-corrected chi connectivity index (χ4v) is 2.29. The minimum atomic E-state index is 0.0170. The van der Waals surface area contributed by atoms with Gasteiger partial charge in [-0.05, 0) is 31.4 Å². The first-order valence-corrected chi connectivity index (χ1v) is 6.53. The predicted molar refractivity (Wildman–Crippen MR) is 69.7 cm³/mol. The molecule has 2 nitrogen and oxygen atoms in total. The zero-order chi connectivity index (χ0) is 12.1. The summed E-state index contributed by atoms with van der Waals surface area (Å²) in [6, 6.07) is 13.3. The molecule has 2 heteroatoms. The molecule has 0 radical (unpaired) electrons. The molecular weight excluding hydrogens is 208 g/mol. The molecule has 1 fully saturated rings. The van der Waals surface area contributed by atoms with Crippen LogP contribution in [0.1, 0.15) is 37.7 Å². The van der Waals surface area contributed by atoms with Crippen LogP contribution in [0.3, 0.4) is 0 Å². The van der Waals surface area contributed by atoms with E-state index in [2.05, 4.69) is 30.0 Å². The van der Waals surface area contributed by atoms with Crippen molar-refractivity contribution in [2.45, 2.75) is 38.1 Å². The maximum absolute atomic E-state index is 9.32. The van der Waals surface area contributed by atoms with Crippen LogP contribution in [0.4, 0.5) is 0 Å². The van der Waals surface area contributed by atoms with Crippen LogP contribution < -0.4 is 0 Å². The Labute approximate surface area is 104 Å². The van der Waals surface area contributed by atoms with E-state index in [1.165, 1.54) is 19.3 Å². The van der Waals surface area contributed by atoms with Gasteiger partial charge in [-0.3, -0.25) is 4.90 Å². The quantitative estimate of drug-likeness (QED) is 0.747. The highest BCUT2D eigenvalue weighted by atomic mass is 15.2. The molecule has 0 heterocycles. The third-order valence-electron chi connectivity index (χ3n) is 3.35. The number of benzene rings is 1. The van der Waals surface area contributed by atoms with Gasteiger partial charge in [-0.1, -0.05) is 37.3 Å². The molecule has 90 valence electrons. The van der Waals surface area contributed by atoms with Crippen molar-refractivity contribution in [3.05, 3.63) is 35.9 Å². The van der Waals surface area contributed by atoms with Crippen LogP contribution in [-0.2, 0) is 0 Å². The van der Waals surface area contributed by atoms with Gasteiger partial charge in [-0.15, -0.1) is 0 Å². The van der Waals surface area contributed by atoms with Gasteiger partial charge < -0.3 is 0 Å². The van der Waals surface area contributed by atoms with E-state index in [4.69, 9.17) is 0 Å². The fourth-order valence-electron chi connectivity index (χ4n) is 2.29. The van der Waals surface area contributed by atoms with Gasteiger partial charge >= 0.3 is 0 Å². The SMILES string of the molecule is CCCN(CC(C#N)c1ccccc1)C1CC1. The molecule has 1 saturated carbocycles. The summed E-state index contributed by atoms with van der Waals surface area (Å²) in [5.41, 5.74) is 1.15. The van der Waals surface area contributed by atoms with Crippen LogP contribution in [0.15, 0.2) is 30.3 Å². The molecule has 0 aliphatic heterocycles. The number of nitrogens with zero attached hydrogens (tertiary/aromatic N) is 2. The Morgan fingerprint density at radius 1 is 1.35 bits per heavy atom. The average Bonchev–Trinajstić information content (AvgIpc) is 3.20. The molecule has 1 unspecified atom stereocenters. The van der Waals surface area contributed by atoms with Crippen molar-refractivity contribution in [3.8, 4) is 6.07 Å². The van der Waals surface area contributed by atoms with Gasteiger partial charge in [0.2, 0.25) is 0 Å². The van der Waals surface area contributed by atoms with E-state index in [-0.39, 0.29) is 5.92 Å². The van der Waals surface area contributed by atoms with Crippen LogP contribution in [0, 0.1) is 11.3 Å². The molecule has 0 aromatic heterocycles. The van der Waals surface area contributed by atoms with E-state index in [1.807, 2.05) is 18.2 Å². The number of hydrogen-bond donors (Lipinski definition) is 0. The van der Waals surface area contributed by atoms with Gasteiger partial charge in [-0.2, -0.15) is 5.26 Å². The smallest absolute Gasteiger partial charge is 0.0839 e. The van der Waals surface area contributed by atoms with Gasteiger partial charge in [0.1, 0.15) is 0 Å². The minimum Gasteiger partial charge on any atom is -0.299 e. The highest BCUT2D eigenvalue weighted by Gasteiger charge is 2.30. The first kappa shape index (κ1) is 12.1. The molecule has 1 aromatic carbocycles. The average molecular weight is 228 g/mol. The minimum absolute atomic E-state index is 0.0170. The van der Waals surface area contributed by atoms with Gasteiger partial charge in [0.05, 0.1) is 12.0 Å². The molecular formula is C15H20N2. The molecule has 1 aliphatic carbocycles. The lowest BCUT2D eigenvalue weighted by Crippen LogP contribution is -2.31. The second kappa shape index (κ2) is 5.84. The Morgan fingerprint density at radius 2 is 2.06 bits per heavy atom. The van der Waals surface area contributed by atoms with Crippen LogP contribution in [0.2, 0.25) is 0 Å². The third-order valence-corrected chi connectivity index (χ3v) is 3.35. The first-order valence-electron chi connectivity index (χ1n) is 6.53. The topological polar surface area (TPSA) is 27.0 Å². The molecule has 17 heavy (non-hydrogen) atoms. The summed E-state index contributed by atoms with van der Waals surface area (Å²) in [5.74, 6) is 0.0170. The predicted octanol–water partition coefficient (Wildman–Crippen LogP) is 3.17. The monoisotopic (exact) mass is 228 g/mol. The highest BCUT2D eigenvalue weighted by Crippen LogP contribution is 2.29. The van der Waals surface area contributed by atoms with E-state index in [0.29, 0.717) is 0 Å². The van der Waals surface area contributed by atoms with Crippen molar-refractivity contribution in [1.29, 1.82) is 5.26 Å². The molecule has 0 N–H and O–H groups in total. The van der Waals surface area contributed by atoms with E-state index in [1.54, 1.807) is 0 Å².